The quantitative estimate of drug-likeness (QED) is 0.912. The van der Waals surface area contributed by atoms with Crippen LogP contribution in [0.3, 0.4) is 0 Å². The zero-order chi connectivity index (χ0) is 14.9. The molecule has 0 fully saturated rings. The molecule has 4 nitrogen and oxygen atoms in total. The maximum Gasteiger partial charge on any atom is 0.261 e. The minimum atomic E-state index is -3.53. The SMILES string of the molecule is CCc1ccc(S(=O)(=O)Nc2ccc3c(c2)CCN3)cc1. The molecule has 2 aromatic carbocycles. The summed E-state index contributed by atoms with van der Waals surface area (Å²) in [5.41, 5.74) is 3.97. The highest BCUT2D eigenvalue weighted by molar-refractivity contribution is 7.92. The zero-order valence-electron chi connectivity index (χ0n) is 11.9. The Morgan fingerprint density at radius 1 is 1.14 bits per heavy atom. The molecule has 1 heterocycles. The van der Waals surface area contributed by atoms with Crippen molar-refractivity contribution in [2.45, 2.75) is 24.7 Å². The van der Waals surface area contributed by atoms with Crippen LogP contribution in [0.15, 0.2) is 47.4 Å². The average molecular weight is 302 g/mol. The van der Waals surface area contributed by atoms with Crippen LogP contribution in [0.2, 0.25) is 0 Å². The van der Waals surface area contributed by atoms with Gasteiger partial charge in [-0.3, -0.25) is 4.72 Å². The van der Waals surface area contributed by atoms with Crippen LogP contribution in [0.4, 0.5) is 11.4 Å². The number of benzene rings is 2. The van der Waals surface area contributed by atoms with E-state index >= 15 is 0 Å². The maximum atomic E-state index is 12.4. The highest BCUT2D eigenvalue weighted by Gasteiger charge is 2.16. The van der Waals surface area contributed by atoms with Gasteiger partial charge >= 0.3 is 0 Å². The number of fused-ring (bicyclic) bond motifs is 1. The van der Waals surface area contributed by atoms with Crippen molar-refractivity contribution in [1.82, 2.24) is 0 Å². The third-order valence-corrected chi connectivity index (χ3v) is 5.11. The van der Waals surface area contributed by atoms with Crippen LogP contribution in [-0.2, 0) is 22.9 Å². The predicted molar refractivity (Wildman–Crippen MR) is 85.3 cm³/mol. The lowest BCUT2D eigenvalue weighted by molar-refractivity contribution is 0.601. The number of hydrogen-bond donors (Lipinski definition) is 2. The highest BCUT2D eigenvalue weighted by Crippen LogP contribution is 2.26. The molecule has 1 aliphatic rings. The second-order valence-corrected chi connectivity index (χ2v) is 6.83. The number of aryl methyl sites for hydroxylation is 1. The van der Waals surface area contributed by atoms with Gasteiger partial charge in [-0.05, 0) is 54.3 Å². The van der Waals surface area contributed by atoms with E-state index in [9.17, 15) is 8.42 Å². The first-order valence-electron chi connectivity index (χ1n) is 7.07. The van der Waals surface area contributed by atoms with Gasteiger partial charge in [-0.25, -0.2) is 8.42 Å². The van der Waals surface area contributed by atoms with Crippen LogP contribution in [0, 0.1) is 0 Å². The Balaban J connectivity index is 1.85. The Bertz CT molecular complexity index is 752. The molecule has 1 aliphatic heterocycles. The molecule has 0 unspecified atom stereocenters. The van der Waals surface area contributed by atoms with Crippen molar-refractivity contribution in [3.8, 4) is 0 Å². The standard InChI is InChI=1S/C16H18N2O2S/c1-2-12-3-6-15(7-4-12)21(19,20)18-14-5-8-16-13(11-14)9-10-17-16/h3-8,11,17-18H,2,9-10H2,1H3. The van der Waals surface area contributed by atoms with E-state index in [1.54, 1.807) is 18.2 Å². The number of anilines is 2. The summed E-state index contributed by atoms with van der Waals surface area (Å²) in [7, 11) is -3.53. The van der Waals surface area contributed by atoms with Gasteiger partial charge in [0.2, 0.25) is 0 Å². The van der Waals surface area contributed by atoms with Crippen LogP contribution in [0.5, 0.6) is 0 Å². The van der Waals surface area contributed by atoms with E-state index in [2.05, 4.69) is 10.0 Å². The molecule has 0 aromatic heterocycles. The fourth-order valence-corrected chi connectivity index (χ4v) is 3.54. The second kappa shape index (κ2) is 5.41. The van der Waals surface area contributed by atoms with Crippen molar-refractivity contribution in [3.05, 3.63) is 53.6 Å². The van der Waals surface area contributed by atoms with Gasteiger partial charge < -0.3 is 5.32 Å². The van der Waals surface area contributed by atoms with Crippen molar-refractivity contribution in [3.63, 3.8) is 0 Å². The van der Waals surface area contributed by atoms with Crippen molar-refractivity contribution in [1.29, 1.82) is 0 Å². The summed E-state index contributed by atoms with van der Waals surface area (Å²) >= 11 is 0. The van der Waals surface area contributed by atoms with Crippen LogP contribution in [0.25, 0.3) is 0 Å². The normalized spacial score (nSPS) is 13.6. The molecule has 0 atom stereocenters. The number of hydrogen-bond acceptors (Lipinski definition) is 3. The monoisotopic (exact) mass is 302 g/mol. The lowest BCUT2D eigenvalue weighted by Crippen LogP contribution is -2.13. The van der Waals surface area contributed by atoms with Crippen LogP contribution in [0.1, 0.15) is 18.1 Å². The first-order valence-corrected chi connectivity index (χ1v) is 8.55. The van der Waals surface area contributed by atoms with Crippen LogP contribution < -0.4 is 10.0 Å². The van der Waals surface area contributed by atoms with Gasteiger partial charge in [0.05, 0.1) is 4.90 Å². The Labute approximate surface area is 125 Å². The molecule has 0 bridgehead atoms. The smallest absolute Gasteiger partial charge is 0.261 e. The molecule has 2 aromatic rings. The summed E-state index contributed by atoms with van der Waals surface area (Å²) in [6.07, 6.45) is 1.82. The topological polar surface area (TPSA) is 58.2 Å². The molecule has 0 aliphatic carbocycles. The summed E-state index contributed by atoms with van der Waals surface area (Å²) in [4.78, 5) is 0.290. The number of nitrogens with one attached hydrogen (secondary N) is 2. The van der Waals surface area contributed by atoms with Gasteiger partial charge in [-0.15, -0.1) is 0 Å². The Kier molecular flexibility index (Phi) is 3.59. The largest absolute Gasteiger partial charge is 0.384 e. The van der Waals surface area contributed by atoms with Crippen LogP contribution >= 0.6 is 0 Å². The summed E-state index contributed by atoms with van der Waals surface area (Å²) in [6.45, 7) is 2.95. The third-order valence-electron chi connectivity index (χ3n) is 3.71. The third kappa shape index (κ3) is 2.88. The fraction of sp³-hybridized carbons (Fsp3) is 0.250. The molecule has 0 amide bonds. The highest BCUT2D eigenvalue weighted by atomic mass is 32.2. The van der Waals surface area contributed by atoms with E-state index in [1.807, 2.05) is 31.2 Å². The van der Waals surface area contributed by atoms with E-state index in [1.165, 1.54) is 0 Å². The molecule has 2 N–H and O–H groups in total. The lowest BCUT2D eigenvalue weighted by Gasteiger charge is -2.10. The van der Waals surface area contributed by atoms with Crippen molar-refractivity contribution >= 4 is 21.4 Å². The minimum Gasteiger partial charge on any atom is -0.384 e. The van der Waals surface area contributed by atoms with E-state index in [0.717, 1.165) is 36.2 Å². The Morgan fingerprint density at radius 2 is 1.90 bits per heavy atom. The van der Waals surface area contributed by atoms with Crippen molar-refractivity contribution in [2.75, 3.05) is 16.6 Å². The molecule has 110 valence electrons. The fourth-order valence-electron chi connectivity index (χ4n) is 2.49. The van der Waals surface area contributed by atoms with Crippen molar-refractivity contribution < 1.29 is 8.42 Å². The zero-order valence-corrected chi connectivity index (χ0v) is 12.7. The maximum absolute atomic E-state index is 12.4. The van der Waals surface area contributed by atoms with Gasteiger partial charge in [-0.1, -0.05) is 19.1 Å². The number of sulfonamides is 1. The molecule has 21 heavy (non-hydrogen) atoms. The van der Waals surface area contributed by atoms with Gasteiger partial charge in [0.25, 0.3) is 10.0 Å². The lowest BCUT2D eigenvalue weighted by atomic mass is 10.1. The Morgan fingerprint density at radius 3 is 2.62 bits per heavy atom. The van der Waals surface area contributed by atoms with Gasteiger partial charge in [0.1, 0.15) is 0 Å². The minimum absolute atomic E-state index is 0.290. The van der Waals surface area contributed by atoms with Crippen LogP contribution in [-0.4, -0.2) is 15.0 Å². The molecular formula is C16H18N2O2S. The molecule has 0 spiro atoms. The molecule has 5 heteroatoms. The second-order valence-electron chi connectivity index (χ2n) is 5.15. The first kappa shape index (κ1) is 13.9. The average Bonchev–Trinajstić information content (AvgIpc) is 2.94. The van der Waals surface area contributed by atoms with E-state index in [0.29, 0.717) is 10.6 Å². The molecule has 0 saturated heterocycles. The summed E-state index contributed by atoms with van der Waals surface area (Å²) in [5, 5.41) is 3.26. The molecule has 0 radical (unpaired) electrons. The Hall–Kier alpha value is -2.01. The summed E-state index contributed by atoms with van der Waals surface area (Å²) < 4.78 is 27.4. The van der Waals surface area contributed by atoms with E-state index < -0.39 is 10.0 Å². The molecular weight excluding hydrogens is 284 g/mol. The predicted octanol–water partition coefficient (Wildman–Crippen LogP) is 3.02. The van der Waals surface area contributed by atoms with Crippen molar-refractivity contribution in [2.24, 2.45) is 0 Å². The number of rotatable bonds is 4. The van der Waals surface area contributed by atoms with E-state index in [4.69, 9.17) is 0 Å². The summed E-state index contributed by atoms with van der Waals surface area (Å²) in [6, 6.07) is 12.6. The summed E-state index contributed by atoms with van der Waals surface area (Å²) in [5.74, 6) is 0. The molecule has 3 rings (SSSR count). The molecule has 0 saturated carbocycles. The van der Waals surface area contributed by atoms with Gasteiger partial charge in [0, 0.05) is 17.9 Å². The van der Waals surface area contributed by atoms with Gasteiger partial charge in [-0.2, -0.15) is 0 Å². The first-order chi connectivity index (χ1) is 10.1. The van der Waals surface area contributed by atoms with E-state index in [-0.39, 0.29) is 0 Å². The van der Waals surface area contributed by atoms with Gasteiger partial charge in [0.15, 0.2) is 0 Å².